The summed E-state index contributed by atoms with van der Waals surface area (Å²) < 4.78 is 12.4. The second kappa shape index (κ2) is 9.30. The first-order valence-electron chi connectivity index (χ1n) is 10.7. The molecule has 0 N–H and O–H groups in total. The van der Waals surface area contributed by atoms with Crippen molar-refractivity contribution >= 4 is 43.9 Å². The molecule has 0 aliphatic heterocycles. The molecule has 0 atom stereocenters. The molecule has 0 saturated carbocycles. The molecule has 2 heteroatoms. The Morgan fingerprint density at radius 1 is 0.692 bits per heavy atom. The summed E-state index contributed by atoms with van der Waals surface area (Å²) in [6.07, 6.45) is 8.21. The normalized spacial score (nSPS) is 12.3. The van der Waals surface area contributed by atoms with E-state index in [0.717, 1.165) is 11.2 Å². The number of hydrogen-bond donors (Lipinski definition) is 0. The molecule has 0 amide bonds. The van der Waals surface area contributed by atoms with Gasteiger partial charge >= 0.3 is 163 Å². The molecule has 0 spiro atoms. The summed E-state index contributed by atoms with van der Waals surface area (Å²) in [6, 6.07) is 15.8. The molecule has 2 aromatic carbocycles. The van der Waals surface area contributed by atoms with Gasteiger partial charge in [0.25, 0.3) is 0 Å². The second-order valence-corrected chi connectivity index (χ2v) is 21.1. The van der Waals surface area contributed by atoms with Gasteiger partial charge in [0.15, 0.2) is 0 Å². The van der Waals surface area contributed by atoms with Crippen molar-refractivity contribution in [3.63, 3.8) is 0 Å². The Hall–Kier alpha value is -0.961. The van der Waals surface area contributed by atoms with Crippen molar-refractivity contribution in [2.24, 2.45) is 0 Å². The molecule has 26 heavy (non-hydrogen) atoms. The van der Waals surface area contributed by atoms with Crippen LogP contribution in [0.25, 0.3) is 21.9 Å². The number of unbranched alkanes of at least 4 members (excludes halogenated alkanes) is 3. The molecular formula is C24H34OSn. The Balaban J connectivity index is 2.09. The Morgan fingerprint density at radius 2 is 1.27 bits per heavy atom. The van der Waals surface area contributed by atoms with E-state index < -0.39 is 18.4 Å². The van der Waals surface area contributed by atoms with E-state index in [4.69, 9.17) is 4.42 Å². The van der Waals surface area contributed by atoms with Gasteiger partial charge in [0.1, 0.15) is 0 Å². The van der Waals surface area contributed by atoms with Crippen molar-refractivity contribution in [2.75, 3.05) is 0 Å². The van der Waals surface area contributed by atoms with E-state index in [-0.39, 0.29) is 0 Å². The first kappa shape index (κ1) is 19.8. The number of furan rings is 1. The van der Waals surface area contributed by atoms with Crippen LogP contribution in [0.15, 0.2) is 46.9 Å². The average Bonchev–Trinajstić information content (AvgIpc) is 3.06. The number of benzene rings is 2. The molecule has 0 unspecified atom stereocenters. The van der Waals surface area contributed by atoms with Gasteiger partial charge in [-0.25, -0.2) is 0 Å². The summed E-state index contributed by atoms with van der Waals surface area (Å²) in [5.74, 6) is 0. The minimum atomic E-state index is -2.37. The van der Waals surface area contributed by atoms with Crippen LogP contribution in [0.2, 0.25) is 13.3 Å². The van der Waals surface area contributed by atoms with Crippen LogP contribution in [0, 0.1) is 0 Å². The first-order valence-corrected chi connectivity index (χ1v) is 18.1. The molecule has 3 aromatic rings. The summed E-state index contributed by atoms with van der Waals surface area (Å²) in [4.78, 5) is 0. The van der Waals surface area contributed by atoms with E-state index in [1.54, 1.807) is 3.58 Å². The predicted octanol–water partition coefficient (Wildman–Crippen LogP) is 7.64. The van der Waals surface area contributed by atoms with Crippen molar-refractivity contribution < 1.29 is 4.42 Å². The van der Waals surface area contributed by atoms with Crippen molar-refractivity contribution in [3.8, 4) is 0 Å². The van der Waals surface area contributed by atoms with Gasteiger partial charge in [-0.1, -0.05) is 0 Å². The van der Waals surface area contributed by atoms with E-state index in [2.05, 4.69) is 63.2 Å². The SMILES string of the molecule is CCC[CH2][Sn]([CH2]CCC)([CH2]CCC)[c]1ccc2oc3ccccc3c2c1. The Labute approximate surface area is 163 Å². The summed E-state index contributed by atoms with van der Waals surface area (Å²) in [5.41, 5.74) is 2.08. The van der Waals surface area contributed by atoms with Crippen LogP contribution in [0.5, 0.6) is 0 Å². The molecule has 1 aromatic heterocycles. The molecule has 3 rings (SSSR count). The van der Waals surface area contributed by atoms with Gasteiger partial charge in [-0.3, -0.25) is 0 Å². The fraction of sp³-hybridized carbons (Fsp3) is 0.500. The monoisotopic (exact) mass is 458 g/mol. The predicted molar refractivity (Wildman–Crippen MR) is 118 cm³/mol. The van der Waals surface area contributed by atoms with E-state index in [1.165, 1.54) is 62.6 Å². The van der Waals surface area contributed by atoms with Crippen LogP contribution in [-0.2, 0) is 0 Å². The third-order valence-corrected chi connectivity index (χ3v) is 21.6. The van der Waals surface area contributed by atoms with Crippen LogP contribution in [-0.4, -0.2) is 18.4 Å². The van der Waals surface area contributed by atoms with E-state index in [0.29, 0.717) is 0 Å². The van der Waals surface area contributed by atoms with Gasteiger partial charge in [-0.15, -0.1) is 0 Å². The van der Waals surface area contributed by atoms with E-state index in [1.807, 2.05) is 0 Å². The van der Waals surface area contributed by atoms with Crippen molar-refractivity contribution in [3.05, 3.63) is 42.5 Å². The number of fused-ring (bicyclic) bond motifs is 3. The molecule has 0 bridgehead atoms. The number of rotatable bonds is 10. The minimum absolute atomic E-state index is 1.02. The zero-order valence-corrected chi connectivity index (χ0v) is 19.7. The zero-order chi connectivity index (χ0) is 18.4. The second-order valence-electron chi connectivity index (χ2n) is 7.90. The Bertz CT molecular complexity index is 811. The van der Waals surface area contributed by atoms with Crippen LogP contribution in [0.3, 0.4) is 0 Å². The Kier molecular flexibility index (Phi) is 7.08. The van der Waals surface area contributed by atoms with Crippen LogP contribution < -0.4 is 3.58 Å². The molecule has 0 saturated heterocycles. The number of hydrogen-bond acceptors (Lipinski definition) is 1. The third kappa shape index (κ3) is 4.13. The van der Waals surface area contributed by atoms with Gasteiger partial charge in [0.05, 0.1) is 0 Å². The van der Waals surface area contributed by atoms with E-state index in [9.17, 15) is 0 Å². The quantitative estimate of drug-likeness (QED) is 0.285. The summed E-state index contributed by atoms with van der Waals surface area (Å²) in [6.45, 7) is 7.05. The Morgan fingerprint density at radius 3 is 1.88 bits per heavy atom. The van der Waals surface area contributed by atoms with Crippen molar-refractivity contribution in [1.82, 2.24) is 0 Å². The fourth-order valence-electron chi connectivity index (χ4n) is 4.41. The van der Waals surface area contributed by atoms with Gasteiger partial charge in [-0.2, -0.15) is 0 Å². The van der Waals surface area contributed by atoms with Crippen LogP contribution in [0.1, 0.15) is 59.3 Å². The van der Waals surface area contributed by atoms with Gasteiger partial charge in [0.2, 0.25) is 0 Å². The average molecular weight is 457 g/mol. The molecule has 1 nitrogen and oxygen atoms in total. The summed E-state index contributed by atoms with van der Waals surface area (Å²) in [5, 5.41) is 2.62. The molecule has 0 aliphatic carbocycles. The molecule has 1 heterocycles. The maximum atomic E-state index is 6.09. The van der Waals surface area contributed by atoms with Crippen LogP contribution >= 0.6 is 0 Å². The molecule has 140 valence electrons. The topological polar surface area (TPSA) is 13.1 Å². The third-order valence-electron chi connectivity index (χ3n) is 6.02. The molecular weight excluding hydrogens is 423 g/mol. The molecule has 0 fully saturated rings. The summed E-state index contributed by atoms with van der Waals surface area (Å²) >= 11 is -2.37. The zero-order valence-electron chi connectivity index (χ0n) is 16.8. The molecule has 0 radical (unpaired) electrons. The van der Waals surface area contributed by atoms with Crippen molar-refractivity contribution in [1.29, 1.82) is 0 Å². The van der Waals surface area contributed by atoms with Gasteiger partial charge in [-0.05, 0) is 0 Å². The first-order chi connectivity index (χ1) is 12.7. The van der Waals surface area contributed by atoms with Gasteiger partial charge in [0, 0.05) is 0 Å². The van der Waals surface area contributed by atoms with Gasteiger partial charge < -0.3 is 0 Å². The summed E-state index contributed by atoms with van der Waals surface area (Å²) in [7, 11) is 0. The fourth-order valence-corrected chi connectivity index (χ4v) is 20.4. The van der Waals surface area contributed by atoms with E-state index >= 15 is 0 Å². The maximum absolute atomic E-state index is 6.09. The number of para-hydroxylation sites is 1. The van der Waals surface area contributed by atoms with Crippen molar-refractivity contribution in [2.45, 2.75) is 72.6 Å². The van der Waals surface area contributed by atoms with Crippen LogP contribution in [0.4, 0.5) is 0 Å². The molecule has 0 aliphatic rings. The standard InChI is InChI=1S/C12H7O.3C4H9.Sn/c1-3-7-11-9(5-1)10-6-2-4-8-12(10)13-11;3*1-3-4-2;/h1,3-8H;3*1,3-4H2,2H3;.